The molecule has 1 atom stereocenters. The molecule has 0 aromatic carbocycles. The Balaban J connectivity index is 2.90. The lowest BCUT2D eigenvalue weighted by atomic mass is 10.1. The summed E-state index contributed by atoms with van der Waals surface area (Å²) in [5.41, 5.74) is 7.25. The van der Waals surface area contributed by atoms with E-state index in [-0.39, 0.29) is 6.04 Å². The fraction of sp³-hybridized carbons (Fsp3) is 0.706. The molecule has 1 aromatic heterocycles. The molecule has 1 heterocycles. The van der Waals surface area contributed by atoms with Crippen LogP contribution in [0, 0.1) is 11.8 Å². The molecule has 1 aromatic rings. The van der Waals surface area contributed by atoms with E-state index in [1.165, 1.54) is 12.8 Å². The Kier molecular flexibility index (Phi) is 7.00. The quantitative estimate of drug-likeness (QED) is 0.781. The van der Waals surface area contributed by atoms with Crippen LogP contribution in [0.5, 0.6) is 0 Å². The molecule has 20 heavy (non-hydrogen) atoms. The second-order valence-corrected chi connectivity index (χ2v) is 6.56. The zero-order valence-corrected chi connectivity index (χ0v) is 13.8. The third-order valence-electron chi connectivity index (χ3n) is 3.56. The molecule has 1 rings (SSSR count). The van der Waals surface area contributed by atoms with Crippen molar-refractivity contribution in [2.45, 2.75) is 53.5 Å². The molecule has 0 aliphatic heterocycles. The number of nitrogens with zero attached hydrogens (tertiary/aromatic N) is 2. The van der Waals surface area contributed by atoms with E-state index >= 15 is 0 Å². The molecule has 0 fully saturated rings. The van der Waals surface area contributed by atoms with Crippen molar-refractivity contribution in [2.24, 2.45) is 17.6 Å². The van der Waals surface area contributed by atoms with E-state index in [1.807, 2.05) is 19.2 Å². The Hall–Kier alpha value is -1.09. The van der Waals surface area contributed by atoms with Gasteiger partial charge in [-0.2, -0.15) is 0 Å². The molecule has 0 saturated carbocycles. The third-order valence-corrected chi connectivity index (χ3v) is 3.56. The molecule has 0 spiro atoms. The number of hydrogen-bond donors (Lipinski definition) is 1. The van der Waals surface area contributed by atoms with Gasteiger partial charge in [-0.3, -0.25) is 0 Å². The van der Waals surface area contributed by atoms with Gasteiger partial charge in [0.05, 0.1) is 0 Å². The van der Waals surface area contributed by atoms with E-state index in [2.05, 4.69) is 43.6 Å². The standard InChI is InChI=1S/C17H31N3/c1-13(2)8-11-20(12-9-14(3)4)17-16(15(5)18)7-6-10-19-17/h6-7,10,13-15H,8-9,11-12,18H2,1-5H3. The van der Waals surface area contributed by atoms with Crippen LogP contribution >= 0.6 is 0 Å². The average molecular weight is 277 g/mol. The predicted octanol–water partition coefficient (Wildman–Crippen LogP) is 4.00. The monoisotopic (exact) mass is 277 g/mol. The Morgan fingerprint density at radius 3 is 2.05 bits per heavy atom. The highest BCUT2D eigenvalue weighted by Crippen LogP contribution is 2.24. The molecule has 0 aliphatic rings. The molecule has 0 bridgehead atoms. The first-order valence-electron chi connectivity index (χ1n) is 7.87. The summed E-state index contributed by atoms with van der Waals surface area (Å²) in [5, 5.41) is 0. The van der Waals surface area contributed by atoms with E-state index in [9.17, 15) is 0 Å². The lowest BCUT2D eigenvalue weighted by Gasteiger charge is -2.28. The van der Waals surface area contributed by atoms with Gasteiger partial charge in [0.2, 0.25) is 0 Å². The number of aromatic nitrogens is 1. The van der Waals surface area contributed by atoms with Crippen molar-refractivity contribution in [1.29, 1.82) is 0 Å². The fourth-order valence-electron chi connectivity index (χ4n) is 2.18. The van der Waals surface area contributed by atoms with E-state index in [0.29, 0.717) is 11.8 Å². The van der Waals surface area contributed by atoms with E-state index in [4.69, 9.17) is 5.73 Å². The van der Waals surface area contributed by atoms with E-state index in [0.717, 1.165) is 24.5 Å². The molecule has 0 saturated heterocycles. The van der Waals surface area contributed by atoms with Crippen LogP contribution in [-0.2, 0) is 0 Å². The highest BCUT2D eigenvalue weighted by Gasteiger charge is 2.15. The van der Waals surface area contributed by atoms with Crippen molar-refractivity contribution in [1.82, 2.24) is 4.98 Å². The largest absolute Gasteiger partial charge is 0.356 e. The highest BCUT2D eigenvalue weighted by molar-refractivity contribution is 5.48. The van der Waals surface area contributed by atoms with Crippen molar-refractivity contribution in [3.8, 4) is 0 Å². The highest BCUT2D eigenvalue weighted by atomic mass is 15.2. The second-order valence-electron chi connectivity index (χ2n) is 6.56. The van der Waals surface area contributed by atoms with Gasteiger partial charge in [0.25, 0.3) is 0 Å². The molecule has 3 nitrogen and oxygen atoms in total. The Morgan fingerprint density at radius 2 is 1.60 bits per heavy atom. The first-order valence-corrected chi connectivity index (χ1v) is 7.87. The average Bonchev–Trinajstić information content (AvgIpc) is 2.38. The zero-order chi connectivity index (χ0) is 15.1. The maximum absolute atomic E-state index is 6.10. The molecule has 3 heteroatoms. The Morgan fingerprint density at radius 1 is 1.05 bits per heavy atom. The van der Waals surface area contributed by atoms with Crippen molar-refractivity contribution in [2.75, 3.05) is 18.0 Å². The SMILES string of the molecule is CC(C)CCN(CCC(C)C)c1ncccc1C(C)N. The number of nitrogens with two attached hydrogens (primary N) is 1. The minimum atomic E-state index is 0.0271. The van der Waals surface area contributed by atoms with Gasteiger partial charge < -0.3 is 10.6 Å². The van der Waals surface area contributed by atoms with Crippen molar-refractivity contribution < 1.29 is 0 Å². The molecular weight excluding hydrogens is 246 g/mol. The summed E-state index contributed by atoms with van der Waals surface area (Å²) in [4.78, 5) is 7.02. The smallest absolute Gasteiger partial charge is 0.133 e. The molecule has 114 valence electrons. The third kappa shape index (κ3) is 5.49. The zero-order valence-electron chi connectivity index (χ0n) is 13.8. The van der Waals surface area contributed by atoms with Crippen molar-refractivity contribution >= 4 is 5.82 Å². The summed E-state index contributed by atoms with van der Waals surface area (Å²) in [6.45, 7) is 13.2. The van der Waals surface area contributed by atoms with Gasteiger partial charge >= 0.3 is 0 Å². The summed E-state index contributed by atoms with van der Waals surface area (Å²) < 4.78 is 0. The summed E-state index contributed by atoms with van der Waals surface area (Å²) >= 11 is 0. The maximum Gasteiger partial charge on any atom is 0.133 e. The Bertz CT molecular complexity index is 374. The van der Waals surface area contributed by atoms with Gasteiger partial charge in [-0.25, -0.2) is 4.98 Å². The van der Waals surface area contributed by atoms with Gasteiger partial charge in [-0.05, 0) is 37.7 Å². The number of pyridine rings is 1. The summed E-state index contributed by atoms with van der Waals surface area (Å²) in [6.07, 6.45) is 4.25. The van der Waals surface area contributed by atoms with Crippen LogP contribution < -0.4 is 10.6 Å². The first-order chi connectivity index (χ1) is 9.41. The van der Waals surface area contributed by atoms with Gasteiger partial charge in [0, 0.05) is 30.9 Å². The lowest BCUT2D eigenvalue weighted by Crippen LogP contribution is -2.30. The molecule has 0 radical (unpaired) electrons. The summed E-state index contributed by atoms with van der Waals surface area (Å²) in [5.74, 6) is 2.49. The molecule has 1 unspecified atom stereocenters. The number of hydrogen-bond acceptors (Lipinski definition) is 3. The summed E-state index contributed by atoms with van der Waals surface area (Å²) in [7, 11) is 0. The van der Waals surface area contributed by atoms with Crippen LogP contribution in [0.1, 0.15) is 59.1 Å². The molecular formula is C17H31N3. The van der Waals surface area contributed by atoms with Crippen LogP contribution in [0.15, 0.2) is 18.3 Å². The molecule has 0 aliphatic carbocycles. The van der Waals surface area contributed by atoms with Crippen molar-refractivity contribution in [3.63, 3.8) is 0 Å². The van der Waals surface area contributed by atoms with Gasteiger partial charge in [0.1, 0.15) is 5.82 Å². The van der Waals surface area contributed by atoms with Crippen LogP contribution in [-0.4, -0.2) is 18.1 Å². The van der Waals surface area contributed by atoms with E-state index in [1.54, 1.807) is 0 Å². The van der Waals surface area contributed by atoms with Crippen LogP contribution in [0.25, 0.3) is 0 Å². The second kappa shape index (κ2) is 8.25. The summed E-state index contributed by atoms with van der Waals surface area (Å²) in [6, 6.07) is 4.11. The van der Waals surface area contributed by atoms with Crippen LogP contribution in [0.3, 0.4) is 0 Å². The normalized spacial score (nSPS) is 13.0. The number of rotatable bonds is 8. The van der Waals surface area contributed by atoms with Crippen LogP contribution in [0.2, 0.25) is 0 Å². The topological polar surface area (TPSA) is 42.2 Å². The predicted molar refractivity (Wildman–Crippen MR) is 88.0 cm³/mol. The first kappa shape index (κ1) is 17.0. The maximum atomic E-state index is 6.10. The van der Waals surface area contributed by atoms with Crippen LogP contribution in [0.4, 0.5) is 5.82 Å². The molecule has 0 amide bonds. The van der Waals surface area contributed by atoms with Gasteiger partial charge in [0.15, 0.2) is 0 Å². The van der Waals surface area contributed by atoms with E-state index < -0.39 is 0 Å². The Labute approximate surface area is 124 Å². The minimum absolute atomic E-state index is 0.0271. The van der Waals surface area contributed by atoms with Gasteiger partial charge in [-0.15, -0.1) is 0 Å². The number of anilines is 1. The molecule has 2 N–H and O–H groups in total. The fourth-order valence-corrected chi connectivity index (χ4v) is 2.18. The van der Waals surface area contributed by atoms with Crippen molar-refractivity contribution in [3.05, 3.63) is 23.9 Å². The minimum Gasteiger partial charge on any atom is -0.356 e. The van der Waals surface area contributed by atoms with Gasteiger partial charge in [-0.1, -0.05) is 33.8 Å². The lowest BCUT2D eigenvalue weighted by molar-refractivity contribution is 0.531.